The van der Waals surface area contributed by atoms with E-state index in [1.54, 1.807) is 27.9 Å². The van der Waals surface area contributed by atoms with Crippen molar-refractivity contribution in [2.24, 2.45) is 0 Å². The SMILES string of the molecule is CCn1c(C)c(CC(NC(=O)OC(C)(C)C)C(=O)O)c2cc(OC)ccc21. The Balaban J connectivity index is 2.40. The van der Waals surface area contributed by atoms with Crippen molar-refractivity contribution < 1.29 is 24.2 Å². The van der Waals surface area contributed by atoms with Gasteiger partial charge in [-0.1, -0.05) is 0 Å². The molecule has 0 aliphatic rings. The molecule has 2 rings (SSSR count). The summed E-state index contributed by atoms with van der Waals surface area (Å²) < 4.78 is 12.6. The van der Waals surface area contributed by atoms with Crippen LogP contribution < -0.4 is 10.1 Å². The van der Waals surface area contributed by atoms with Gasteiger partial charge in [0, 0.05) is 29.6 Å². The third-order valence-corrected chi connectivity index (χ3v) is 4.37. The number of aromatic nitrogens is 1. The molecule has 0 spiro atoms. The Morgan fingerprint density at radius 3 is 2.48 bits per heavy atom. The summed E-state index contributed by atoms with van der Waals surface area (Å²) in [6.07, 6.45) is -0.596. The third kappa shape index (κ3) is 4.72. The van der Waals surface area contributed by atoms with Crippen LogP contribution in [0, 0.1) is 6.92 Å². The Bertz CT molecular complexity index is 848. The Morgan fingerprint density at radius 2 is 1.96 bits per heavy atom. The number of carboxylic acid groups (broad SMARTS) is 1. The zero-order valence-corrected chi connectivity index (χ0v) is 16.8. The van der Waals surface area contributed by atoms with Crippen LogP contribution in [0.15, 0.2) is 18.2 Å². The van der Waals surface area contributed by atoms with E-state index in [0.717, 1.165) is 28.7 Å². The molecule has 2 aromatic rings. The zero-order valence-electron chi connectivity index (χ0n) is 16.8. The maximum atomic E-state index is 12.1. The molecule has 0 aliphatic carbocycles. The number of ether oxygens (including phenoxy) is 2. The molecule has 7 nitrogen and oxygen atoms in total. The van der Waals surface area contributed by atoms with E-state index in [4.69, 9.17) is 9.47 Å². The van der Waals surface area contributed by atoms with E-state index in [0.29, 0.717) is 5.75 Å². The van der Waals surface area contributed by atoms with Crippen LogP contribution in [0.5, 0.6) is 5.75 Å². The summed E-state index contributed by atoms with van der Waals surface area (Å²) in [6, 6.07) is 4.65. The van der Waals surface area contributed by atoms with E-state index in [1.807, 2.05) is 32.0 Å². The molecule has 148 valence electrons. The molecule has 1 aromatic heterocycles. The van der Waals surface area contributed by atoms with Gasteiger partial charge >= 0.3 is 12.1 Å². The Hall–Kier alpha value is -2.70. The summed E-state index contributed by atoms with van der Waals surface area (Å²) in [4.78, 5) is 23.8. The first kappa shape index (κ1) is 20.6. The van der Waals surface area contributed by atoms with Gasteiger partial charge in [-0.25, -0.2) is 9.59 Å². The van der Waals surface area contributed by atoms with Crippen LogP contribution in [0.4, 0.5) is 4.79 Å². The molecule has 7 heteroatoms. The normalized spacial score (nSPS) is 12.7. The number of aryl methyl sites for hydroxylation is 1. The van der Waals surface area contributed by atoms with E-state index in [-0.39, 0.29) is 6.42 Å². The molecule has 0 fully saturated rings. The van der Waals surface area contributed by atoms with Gasteiger partial charge in [0.05, 0.1) is 7.11 Å². The Morgan fingerprint density at radius 1 is 1.30 bits per heavy atom. The van der Waals surface area contributed by atoms with Gasteiger partial charge < -0.3 is 24.5 Å². The number of nitrogens with one attached hydrogen (secondary N) is 1. The van der Waals surface area contributed by atoms with Crippen molar-refractivity contribution in [1.82, 2.24) is 9.88 Å². The second-order valence-corrected chi connectivity index (χ2v) is 7.43. The zero-order chi connectivity index (χ0) is 20.4. The number of hydrogen-bond donors (Lipinski definition) is 2. The van der Waals surface area contributed by atoms with Gasteiger partial charge in [-0.3, -0.25) is 0 Å². The van der Waals surface area contributed by atoms with Crippen molar-refractivity contribution in [2.75, 3.05) is 7.11 Å². The van der Waals surface area contributed by atoms with Crippen molar-refractivity contribution in [1.29, 1.82) is 0 Å². The fraction of sp³-hybridized carbons (Fsp3) is 0.500. The highest BCUT2D eigenvalue weighted by atomic mass is 16.6. The smallest absolute Gasteiger partial charge is 0.408 e. The molecule has 1 amide bonds. The largest absolute Gasteiger partial charge is 0.497 e. The minimum absolute atomic E-state index is 0.150. The average Bonchev–Trinajstić information content (AvgIpc) is 2.83. The number of rotatable bonds is 6. The highest BCUT2D eigenvalue weighted by Crippen LogP contribution is 2.30. The summed E-state index contributed by atoms with van der Waals surface area (Å²) in [5.74, 6) is -0.412. The predicted octanol–water partition coefficient (Wildman–Crippen LogP) is 3.50. The van der Waals surface area contributed by atoms with Crippen molar-refractivity contribution in [3.8, 4) is 5.75 Å². The van der Waals surface area contributed by atoms with Crippen LogP contribution in [0.1, 0.15) is 39.0 Å². The molecule has 27 heavy (non-hydrogen) atoms. The number of carbonyl (C=O) groups is 2. The molecule has 1 aromatic carbocycles. The van der Waals surface area contributed by atoms with Crippen molar-refractivity contribution in [3.05, 3.63) is 29.5 Å². The highest BCUT2D eigenvalue weighted by molar-refractivity contribution is 5.88. The third-order valence-electron chi connectivity index (χ3n) is 4.37. The number of carboxylic acids is 1. The maximum Gasteiger partial charge on any atom is 0.408 e. The van der Waals surface area contributed by atoms with E-state index in [1.165, 1.54) is 0 Å². The second kappa shape index (κ2) is 7.90. The van der Waals surface area contributed by atoms with Crippen LogP contribution in [0.25, 0.3) is 10.9 Å². The fourth-order valence-corrected chi connectivity index (χ4v) is 3.18. The lowest BCUT2D eigenvalue weighted by atomic mass is 10.0. The van der Waals surface area contributed by atoms with Crippen LogP contribution in [-0.4, -0.2) is 40.5 Å². The van der Waals surface area contributed by atoms with Crippen molar-refractivity contribution >= 4 is 23.0 Å². The number of methoxy groups -OCH3 is 1. The molecular weight excluding hydrogens is 348 g/mol. The summed E-state index contributed by atoms with van der Waals surface area (Å²) in [5.41, 5.74) is 2.15. The molecule has 1 atom stereocenters. The number of carbonyl (C=O) groups excluding carboxylic acids is 1. The highest BCUT2D eigenvalue weighted by Gasteiger charge is 2.26. The van der Waals surface area contributed by atoms with Crippen LogP contribution in [0.2, 0.25) is 0 Å². The quantitative estimate of drug-likeness (QED) is 0.805. The van der Waals surface area contributed by atoms with E-state index >= 15 is 0 Å². The van der Waals surface area contributed by atoms with Gasteiger partial charge in [0.2, 0.25) is 0 Å². The van der Waals surface area contributed by atoms with E-state index < -0.39 is 23.7 Å². The monoisotopic (exact) mass is 376 g/mol. The standard InChI is InChI=1S/C20H28N2O5/c1-7-22-12(2)14(15-10-13(26-6)8-9-17(15)22)11-16(18(23)24)21-19(25)27-20(3,4)5/h8-10,16H,7,11H2,1-6H3,(H,21,25)(H,23,24). The number of nitrogens with zero attached hydrogens (tertiary/aromatic N) is 1. The molecule has 0 saturated heterocycles. The first-order valence-electron chi connectivity index (χ1n) is 8.95. The van der Waals surface area contributed by atoms with Crippen molar-refractivity contribution in [2.45, 2.75) is 59.2 Å². The van der Waals surface area contributed by atoms with Gasteiger partial charge in [0.15, 0.2) is 0 Å². The second-order valence-electron chi connectivity index (χ2n) is 7.43. The fourth-order valence-electron chi connectivity index (χ4n) is 3.18. The van der Waals surface area contributed by atoms with Gasteiger partial charge in [-0.05, 0) is 58.4 Å². The molecule has 1 heterocycles. The number of fused-ring (bicyclic) bond motifs is 1. The van der Waals surface area contributed by atoms with Gasteiger partial charge in [-0.15, -0.1) is 0 Å². The van der Waals surface area contributed by atoms with E-state index in [2.05, 4.69) is 9.88 Å². The van der Waals surface area contributed by atoms with Gasteiger partial charge in [-0.2, -0.15) is 0 Å². The molecule has 2 N–H and O–H groups in total. The number of benzene rings is 1. The number of aliphatic carboxylic acids is 1. The Kier molecular flexibility index (Phi) is 6.03. The van der Waals surface area contributed by atoms with Gasteiger partial charge in [0.1, 0.15) is 17.4 Å². The molecule has 0 bridgehead atoms. The topological polar surface area (TPSA) is 89.8 Å². The molecule has 0 saturated carbocycles. The van der Waals surface area contributed by atoms with E-state index in [9.17, 15) is 14.7 Å². The maximum absolute atomic E-state index is 12.1. The van der Waals surface area contributed by atoms with Crippen molar-refractivity contribution in [3.63, 3.8) is 0 Å². The first-order valence-corrected chi connectivity index (χ1v) is 8.95. The number of hydrogen-bond acceptors (Lipinski definition) is 4. The summed E-state index contributed by atoms with van der Waals surface area (Å²) in [7, 11) is 1.59. The summed E-state index contributed by atoms with van der Waals surface area (Å²) >= 11 is 0. The van der Waals surface area contributed by atoms with Crippen LogP contribution in [0.3, 0.4) is 0 Å². The van der Waals surface area contributed by atoms with Gasteiger partial charge in [0.25, 0.3) is 0 Å². The minimum atomic E-state index is -1.11. The summed E-state index contributed by atoms with van der Waals surface area (Å²) in [6.45, 7) is 9.94. The predicted molar refractivity (Wildman–Crippen MR) is 103 cm³/mol. The summed E-state index contributed by atoms with van der Waals surface area (Å²) in [5, 5.41) is 13.0. The lowest BCUT2D eigenvalue weighted by Crippen LogP contribution is -2.44. The number of amides is 1. The lowest BCUT2D eigenvalue weighted by Gasteiger charge is -2.22. The molecule has 0 aliphatic heterocycles. The molecular formula is C20H28N2O5. The minimum Gasteiger partial charge on any atom is -0.497 e. The Labute approximate surface area is 159 Å². The van der Waals surface area contributed by atoms with Crippen LogP contribution >= 0.6 is 0 Å². The van der Waals surface area contributed by atoms with Crippen LogP contribution in [-0.2, 0) is 22.5 Å². The molecule has 0 radical (unpaired) electrons. The first-order chi connectivity index (χ1) is 12.6. The lowest BCUT2D eigenvalue weighted by molar-refractivity contribution is -0.139. The average molecular weight is 376 g/mol. The molecule has 1 unspecified atom stereocenters. The number of alkyl carbamates (subject to hydrolysis) is 1.